The molecular weight excluding hydrogens is 695 g/mol. The van der Waals surface area contributed by atoms with Crippen LogP contribution in [0.2, 0.25) is 0 Å². The molecule has 0 bridgehead atoms. The molecule has 0 saturated heterocycles. The molecule has 3 nitrogen and oxygen atoms in total. The van der Waals surface area contributed by atoms with Gasteiger partial charge in [-0.2, -0.15) is 0 Å². The van der Waals surface area contributed by atoms with Crippen LogP contribution in [0.15, 0.2) is 176 Å². The average Bonchev–Trinajstić information content (AvgIpc) is 3.91. The molecule has 0 spiro atoms. The Labute approximate surface area is 332 Å². The number of hydrogen-bond acceptors (Lipinski definition) is 5. The monoisotopic (exact) mass is 732 g/mol. The molecule has 0 aliphatic carbocycles. The van der Waals surface area contributed by atoms with Gasteiger partial charge in [0, 0.05) is 62.4 Å². The van der Waals surface area contributed by atoms with Gasteiger partial charge in [-0.25, -0.2) is 15.0 Å². The van der Waals surface area contributed by atoms with E-state index in [-0.39, 0.29) is 78.2 Å². The summed E-state index contributed by atoms with van der Waals surface area (Å²) in [5.41, 5.74) is 5.54. The SMILES string of the molecule is [2H]c1c([2H])c([2H])c2c(sc3c4c([2H])c([2H])c([2H])c([2H])c4c(-c4nc(-c5ccc(-c6ccccc6)cc5)nc(-c5ccc6c(c5)sc5cccc(-c7ccccc7)c56)n4)c([2H])c32)c1[2H]. The molecular formula is C49H29N3S2. The number of fused-ring (bicyclic) bond motifs is 8. The molecule has 11 rings (SSSR count). The lowest BCUT2D eigenvalue weighted by molar-refractivity contribution is 1.08. The molecule has 11 aromatic rings. The molecule has 0 radical (unpaired) electrons. The molecule has 0 unspecified atom stereocenters. The van der Waals surface area contributed by atoms with E-state index in [0.717, 1.165) is 53.8 Å². The fourth-order valence-corrected chi connectivity index (χ4v) is 9.40. The predicted molar refractivity (Wildman–Crippen MR) is 230 cm³/mol. The van der Waals surface area contributed by atoms with E-state index in [9.17, 15) is 4.11 Å². The van der Waals surface area contributed by atoms with Crippen LogP contribution < -0.4 is 0 Å². The van der Waals surface area contributed by atoms with Crippen molar-refractivity contribution in [2.75, 3.05) is 0 Å². The Morgan fingerprint density at radius 2 is 1.02 bits per heavy atom. The van der Waals surface area contributed by atoms with Gasteiger partial charge in [-0.1, -0.05) is 151 Å². The Balaban J connectivity index is 1.21. The van der Waals surface area contributed by atoms with Gasteiger partial charge in [0.2, 0.25) is 0 Å². The molecule has 0 amide bonds. The molecule has 0 atom stereocenters. The molecule has 8 aromatic carbocycles. The lowest BCUT2D eigenvalue weighted by Gasteiger charge is -2.12. The van der Waals surface area contributed by atoms with Crippen LogP contribution in [0.1, 0.15) is 12.3 Å². The molecule has 0 fully saturated rings. The van der Waals surface area contributed by atoms with Crippen molar-refractivity contribution in [3.8, 4) is 56.4 Å². The minimum Gasteiger partial charge on any atom is -0.208 e. The second-order valence-electron chi connectivity index (χ2n) is 12.9. The van der Waals surface area contributed by atoms with Gasteiger partial charge in [-0.05, 0) is 51.9 Å². The van der Waals surface area contributed by atoms with Crippen LogP contribution in [0, 0.1) is 0 Å². The van der Waals surface area contributed by atoms with Gasteiger partial charge in [-0.15, -0.1) is 22.7 Å². The topological polar surface area (TPSA) is 38.7 Å². The Kier molecular flexibility index (Phi) is 5.40. The van der Waals surface area contributed by atoms with Gasteiger partial charge < -0.3 is 0 Å². The van der Waals surface area contributed by atoms with E-state index >= 15 is 0 Å². The van der Waals surface area contributed by atoms with E-state index < -0.39 is 30.2 Å². The Morgan fingerprint density at radius 3 is 1.81 bits per heavy atom. The number of thiophene rings is 2. The van der Waals surface area contributed by atoms with E-state index in [1.807, 2.05) is 84.9 Å². The summed E-state index contributed by atoms with van der Waals surface area (Å²) in [5.74, 6) is 0.519. The van der Waals surface area contributed by atoms with E-state index in [2.05, 4.69) is 36.4 Å². The third-order valence-corrected chi connectivity index (χ3v) is 11.9. The van der Waals surface area contributed by atoms with Crippen LogP contribution in [0.3, 0.4) is 0 Å². The molecule has 54 heavy (non-hydrogen) atoms. The molecule has 0 aliphatic rings. The maximum Gasteiger partial charge on any atom is 0.164 e. The minimum absolute atomic E-state index is 0.00198. The summed E-state index contributed by atoms with van der Waals surface area (Å²) in [6.45, 7) is 0. The van der Waals surface area contributed by atoms with Crippen molar-refractivity contribution in [1.29, 1.82) is 0 Å². The summed E-state index contributed by atoms with van der Waals surface area (Å²) in [6, 6.07) is 36.8. The van der Waals surface area contributed by atoms with Gasteiger partial charge in [-0.3, -0.25) is 0 Å². The van der Waals surface area contributed by atoms with Crippen molar-refractivity contribution < 1.29 is 12.3 Å². The highest BCUT2D eigenvalue weighted by Crippen LogP contribution is 2.44. The first kappa shape index (κ1) is 23.2. The van der Waals surface area contributed by atoms with Crippen molar-refractivity contribution in [2.45, 2.75) is 0 Å². The van der Waals surface area contributed by atoms with Crippen molar-refractivity contribution in [2.24, 2.45) is 0 Å². The summed E-state index contributed by atoms with van der Waals surface area (Å²) < 4.78 is 83.0. The average molecular weight is 733 g/mol. The predicted octanol–water partition coefficient (Wildman–Crippen LogP) is 14.1. The van der Waals surface area contributed by atoms with Crippen molar-refractivity contribution in [3.05, 3.63) is 176 Å². The summed E-state index contributed by atoms with van der Waals surface area (Å²) in [7, 11) is 0. The van der Waals surface area contributed by atoms with Crippen molar-refractivity contribution >= 4 is 73.8 Å². The molecule has 5 heteroatoms. The standard InChI is InChI=1S/C49H29N3S2/c1-3-12-30(13-4-1)31-22-24-33(25-23-31)47-50-48(34-26-27-39-44(28-34)53-43-21-11-19-35(45(39)43)32-14-5-2-6-15-32)52-49(51-47)41-29-40-37-17-9-10-20-42(37)54-46(40)38-18-8-7-16-36(38)41/h1-29H/i7D,8D,9D,10D,16D,17D,18D,20D,29D. The third-order valence-electron chi connectivity index (χ3n) is 9.70. The summed E-state index contributed by atoms with van der Waals surface area (Å²) in [4.78, 5) is 15.0. The number of aromatic nitrogens is 3. The highest BCUT2D eigenvalue weighted by Gasteiger charge is 2.19. The van der Waals surface area contributed by atoms with Crippen LogP contribution in [-0.2, 0) is 0 Å². The first-order valence-corrected chi connectivity index (χ1v) is 18.9. The fraction of sp³-hybridized carbons (Fsp3) is 0. The van der Waals surface area contributed by atoms with Gasteiger partial charge in [0.25, 0.3) is 0 Å². The normalized spacial score (nSPS) is 14.0. The zero-order chi connectivity index (χ0) is 43.4. The van der Waals surface area contributed by atoms with E-state index in [1.54, 1.807) is 11.3 Å². The second-order valence-corrected chi connectivity index (χ2v) is 15.0. The van der Waals surface area contributed by atoms with Crippen LogP contribution in [0.4, 0.5) is 0 Å². The molecule has 0 aliphatic heterocycles. The zero-order valence-electron chi connectivity index (χ0n) is 37.2. The van der Waals surface area contributed by atoms with Gasteiger partial charge in [0.05, 0.1) is 12.3 Å². The Bertz CT molecular complexity index is 3720. The third kappa shape index (κ3) is 5.12. The van der Waals surface area contributed by atoms with Crippen molar-refractivity contribution in [1.82, 2.24) is 15.0 Å². The van der Waals surface area contributed by atoms with Crippen LogP contribution >= 0.6 is 22.7 Å². The van der Waals surface area contributed by atoms with Gasteiger partial charge >= 0.3 is 0 Å². The number of nitrogens with zero attached hydrogens (tertiary/aromatic N) is 3. The summed E-state index contributed by atoms with van der Waals surface area (Å²) in [5, 5.41) is 2.52. The summed E-state index contributed by atoms with van der Waals surface area (Å²) >= 11 is 2.63. The molecule has 252 valence electrons. The number of benzene rings is 8. The molecule has 3 heterocycles. The van der Waals surface area contributed by atoms with Crippen LogP contribution in [-0.4, -0.2) is 15.0 Å². The molecule has 0 saturated carbocycles. The maximum atomic E-state index is 9.88. The van der Waals surface area contributed by atoms with Crippen LogP contribution in [0.5, 0.6) is 0 Å². The lowest BCUT2D eigenvalue weighted by Crippen LogP contribution is -2.00. The largest absolute Gasteiger partial charge is 0.208 e. The maximum absolute atomic E-state index is 9.88. The molecule has 3 aromatic heterocycles. The first-order chi connectivity index (χ1) is 30.5. The van der Waals surface area contributed by atoms with Crippen LogP contribution in [0.25, 0.3) is 108 Å². The lowest BCUT2D eigenvalue weighted by atomic mass is 9.99. The van der Waals surface area contributed by atoms with E-state index in [1.165, 1.54) is 0 Å². The number of hydrogen-bond donors (Lipinski definition) is 0. The quantitative estimate of drug-likeness (QED) is 0.177. The Hall–Kier alpha value is -6.53. The molecule has 0 N–H and O–H groups in total. The van der Waals surface area contributed by atoms with E-state index in [0.29, 0.717) is 11.1 Å². The number of rotatable bonds is 5. The minimum atomic E-state index is -0.506. The van der Waals surface area contributed by atoms with Gasteiger partial charge in [0.1, 0.15) is 0 Å². The highest BCUT2D eigenvalue weighted by atomic mass is 32.1. The fourth-order valence-electron chi connectivity index (χ4n) is 7.15. The second kappa shape index (κ2) is 12.6. The zero-order valence-corrected chi connectivity index (χ0v) is 29.8. The van der Waals surface area contributed by atoms with Crippen molar-refractivity contribution in [3.63, 3.8) is 0 Å². The van der Waals surface area contributed by atoms with Gasteiger partial charge in [0.15, 0.2) is 17.5 Å². The Morgan fingerprint density at radius 1 is 0.389 bits per heavy atom. The van der Waals surface area contributed by atoms with E-state index in [4.69, 9.17) is 23.2 Å². The smallest absolute Gasteiger partial charge is 0.164 e. The first-order valence-electron chi connectivity index (χ1n) is 21.8. The highest BCUT2D eigenvalue weighted by molar-refractivity contribution is 7.27. The summed E-state index contributed by atoms with van der Waals surface area (Å²) in [6.07, 6.45) is 0.